The maximum atomic E-state index is 11.7. The Morgan fingerprint density at radius 2 is 2.15 bits per heavy atom. The number of benzene rings is 1. The van der Waals surface area contributed by atoms with E-state index < -0.39 is 29.4 Å². The third-order valence-corrected chi connectivity index (χ3v) is 2.38. The molecule has 1 unspecified atom stereocenters. The lowest BCUT2D eigenvalue weighted by Crippen LogP contribution is -2.36. The van der Waals surface area contributed by atoms with Gasteiger partial charge in [0.25, 0.3) is 5.91 Å². The van der Waals surface area contributed by atoms with Gasteiger partial charge < -0.3 is 20.3 Å². The average molecular weight is 284 g/mol. The number of methoxy groups -OCH3 is 1. The number of nitro benzene ring substituents is 1. The summed E-state index contributed by atoms with van der Waals surface area (Å²) in [7, 11) is 1.26. The smallest absolute Gasteiger partial charge is 0.334 e. The van der Waals surface area contributed by atoms with Crippen LogP contribution in [-0.2, 0) is 4.79 Å². The Kier molecular flexibility index (Phi) is 4.98. The number of aliphatic hydroxyl groups is 1. The summed E-state index contributed by atoms with van der Waals surface area (Å²) in [5.41, 5.74) is -0.436. The van der Waals surface area contributed by atoms with Crippen molar-refractivity contribution in [2.75, 3.05) is 13.7 Å². The molecule has 108 valence electrons. The van der Waals surface area contributed by atoms with E-state index in [0.29, 0.717) is 0 Å². The fourth-order valence-electron chi connectivity index (χ4n) is 1.35. The van der Waals surface area contributed by atoms with Crippen molar-refractivity contribution in [1.82, 2.24) is 5.32 Å². The monoisotopic (exact) mass is 284 g/mol. The lowest BCUT2D eigenvalue weighted by Gasteiger charge is -2.08. The molecule has 0 saturated carbocycles. The summed E-state index contributed by atoms with van der Waals surface area (Å²) >= 11 is 0. The van der Waals surface area contributed by atoms with Crippen molar-refractivity contribution in [2.24, 2.45) is 0 Å². The molecule has 20 heavy (non-hydrogen) atoms. The molecular weight excluding hydrogens is 272 g/mol. The van der Waals surface area contributed by atoms with Crippen LogP contribution in [0, 0.1) is 10.1 Å². The number of rotatable bonds is 6. The second-order valence-corrected chi connectivity index (χ2v) is 3.71. The summed E-state index contributed by atoms with van der Waals surface area (Å²) < 4.78 is 4.78. The van der Waals surface area contributed by atoms with Crippen molar-refractivity contribution >= 4 is 17.6 Å². The van der Waals surface area contributed by atoms with Gasteiger partial charge in [0.05, 0.1) is 18.6 Å². The molecular formula is C11H12N2O7. The molecule has 9 heteroatoms. The van der Waals surface area contributed by atoms with E-state index in [-0.39, 0.29) is 17.0 Å². The van der Waals surface area contributed by atoms with Crippen molar-refractivity contribution in [3.05, 3.63) is 33.9 Å². The Balaban J connectivity index is 2.86. The van der Waals surface area contributed by atoms with Crippen LogP contribution in [0.4, 0.5) is 5.69 Å². The van der Waals surface area contributed by atoms with Crippen molar-refractivity contribution in [3.63, 3.8) is 0 Å². The molecule has 0 aromatic heterocycles. The predicted molar refractivity (Wildman–Crippen MR) is 65.6 cm³/mol. The molecule has 0 aliphatic heterocycles. The minimum atomic E-state index is -1.74. The molecule has 3 N–H and O–H groups in total. The molecule has 1 aromatic carbocycles. The number of aliphatic carboxylic acids is 1. The highest BCUT2D eigenvalue weighted by molar-refractivity contribution is 5.95. The molecule has 0 fully saturated rings. The summed E-state index contributed by atoms with van der Waals surface area (Å²) in [5.74, 6) is -2.22. The van der Waals surface area contributed by atoms with E-state index in [0.717, 1.165) is 6.07 Å². The minimum Gasteiger partial charge on any atom is -0.490 e. The number of carbonyl (C=O) groups excluding carboxylic acids is 1. The van der Waals surface area contributed by atoms with Crippen molar-refractivity contribution < 1.29 is 29.5 Å². The van der Waals surface area contributed by atoms with Gasteiger partial charge in [-0.3, -0.25) is 14.9 Å². The van der Waals surface area contributed by atoms with E-state index in [9.17, 15) is 19.7 Å². The summed E-state index contributed by atoms with van der Waals surface area (Å²) in [6.45, 7) is -0.506. The van der Waals surface area contributed by atoms with Gasteiger partial charge in [-0.05, 0) is 12.1 Å². The lowest BCUT2D eigenvalue weighted by atomic mass is 10.1. The van der Waals surface area contributed by atoms with E-state index in [1.165, 1.54) is 19.2 Å². The standard InChI is InChI=1S/C11H12N2O7/c1-20-9-3-2-6(4-7(9)13(18)19)10(15)12-5-8(14)11(16)17/h2-4,8,14H,5H2,1H3,(H,12,15)(H,16,17). The van der Waals surface area contributed by atoms with Crippen LogP contribution < -0.4 is 10.1 Å². The Morgan fingerprint density at radius 1 is 1.50 bits per heavy atom. The molecule has 0 radical (unpaired) electrons. The van der Waals surface area contributed by atoms with Crippen LogP contribution in [0.3, 0.4) is 0 Å². The fourth-order valence-corrected chi connectivity index (χ4v) is 1.35. The number of nitrogens with one attached hydrogen (secondary N) is 1. The summed E-state index contributed by atoms with van der Waals surface area (Å²) in [5, 5.41) is 30.4. The molecule has 1 aromatic rings. The maximum absolute atomic E-state index is 11.7. The number of amides is 1. The number of carboxylic acids is 1. The Bertz CT molecular complexity index is 544. The van der Waals surface area contributed by atoms with Gasteiger partial charge in [-0.25, -0.2) is 4.79 Å². The second-order valence-electron chi connectivity index (χ2n) is 3.71. The van der Waals surface area contributed by atoms with Gasteiger partial charge in [0.2, 0.25) is 0 Å². The molecule has 1 atom stereocenters. The molecule has 0 bridgehead atoms. The van der Waals surface area contributed by atoms with Crippen LogP contribution in [-0.4, -0.2) is 46.8 Å². The first kappa shape index (κ1) is 15.4. The number of hydrogen-bond donors (Lipinski definition) is 3. The van der Waals surface area contributed by atoms with E-state index >= 15 is 0 Å². The zero-order valence-electron chi connectivity index (χ0n) is 10.4. The normalized spacial score (nSPS) is 11.5. The van der Waals surface area contributed by atoms with Gasteiger partial charge in [0.15, 0.2) is 11.9 Å². The van der Waals surface area contributed by atoms with Crippen LogP contribution >= 0.6 is 0 Å². The van der Waals surface area contributed by atoms with Crippen LogP contribution in [0.1, 0.15) is 10.4 Å². The molecule has 0 aliphatic rings. The number of ether oxygens (including phenoxy) is 1. The van der Waals surface area contributed by atoms with E-state index in [1.54, 1.807) is 0 Å². The predicted octanol–water partition coefficient (Wildman–Crippen LogP) is -0.221. The highest BCUT2D eigenvalue weighted by Gasteiger charge is 2.19. The minimum absolute atomic E-state index is 0.00267. The molecule has 1 amide bonds. The highest BCUT2D eigenvalue weighted by atomic mass is 16.6. The quantitative estimate of drug-likeness (QED) is 0.484. The SMILES string of the molecule is COc1ccc(C(=O)NCC(O)C(=O)O)cc1[N+](=O)[O-]. The van der Waals surface area contributed by atoms with Gasteiger partial charge in [-0.1, -0.05) is 0 Å². The Hall–Kier alpha value is -2.68. The van der Waals surface area contributed by atoms with E-state index in [2.05, 4.69) is 5.32 Å². The number of aliphatic hydroxyl groups excluding tert-OH is 1. The number of carboxylic acid groups (broad SMARTS) is 1. The van der Waals surface area contributed by atoms with Crippen LogP contribution in [0.25, 0.3) is 0 Å². The first-order valence-corrected chi connectivity index (χ1v) is 5.38. The van der Waals surface area contributed by atoms with Gasteiger partial charge in [-0.2, -0.15) is 0 Å². The van der Waals surface area contributed by atoms with Crippen LogP contribution in [0.15, 0.2) is 18.2 Å². The number of nitro groups is 1. The van der Waals surface area contributed by atoms with E-state index in [1.807, 2.05) is 0 Å². The topological polar surface area (TPSA) is 139 Å². The molecule has 0 aliphatic carbocycles. The van der Waals surface area contributed by atoms with Crippen molar-refractivity contribution in [2.45, 2.75) is 6.10 Å². The average Bonchev–Trinajstić information content (AvgIpc) is 2.43. The fraction of sp³-hybridized carbons (Fsp3) is 0.273. The Morgan fingerprint density at radius 3 is 2.65 bits per heavy atom. The van der Waals surface area contributed by atoms with Gasteiger partial charge in [-0.15, -0.1) is 0 Å². The number of nitrogens with zero attached hydrogens (tertiary/aromatic N) is 1. The van der Waals surface area contributed by atoms with Crippen LogP contribution in [0.2, 0.25) is 0 Å². The molecule has 1 rings (SSSR count). The zero-order chi connectivity index (χ0) is 15.3. The third-order valence-electron chi connectivity index (χ3n) is 2.38. The van der Waals surface area contributed by atoms with Gasteiger partial charge >= 0.3 is 11.7 Å². The molecule has 0 saturated heterocycles. The van der Waals surface area contributed by atoms with Crippen LogP contribution in [0.5, 0.6) is 5.75 Å². The highest BCUT2D eigenvalue weighted by Crippen LogP contribution is 2.27. The molecule has 0 heterocycles. The van der Waals surface area contributed by atoms with Gasteiger partial charge in [0.1, 0.15) is 0 Å². The number of hydrogen-bond acceptors (Lipinski definition) is 6. The molecule has 9 nitrogen and oxygen atoms in total. The van der Waals surface area contributed by atoms with E-state index in [4.69, 9.17) is 14.9 Å². The summed E-state index contributed by atoms with van der Waals surface area (Å²) in [4.78, 5) is 32.1. The number of carbonyl (C=O) groups is 2. The molecule has 0 spiro atoms. The maximum Gasteiger partial charge on any atom is 0.334 e. The lowest BCUT2D eigenvalue weighted by molar-refractivity contribution is -0.385. The summed E-state index contributed by atoms with van der Waals surface area (Å²) in [6, 6.07) is 3.54. The van der Waals surface area contributed by atoms with Crippen molar-refractivity contribution in [3.8, 4) is 5.75 Å². The third kappa shape index (κ3) is 3.65. The summed E-state index contributed by atoms with van der Waals surface area (Å²) in [6.07, 6.45) is -1.74. The van der Waals surface area contributed by atoms with Crippen molar-refractivity contribution in [1.29, 1.82) is 0 Å². The Labute approximate surface area is 112 Å². The first-order chi connectivity index (χ1) is 9.36. The zero-order valence-corrected chi connectivity index (χ0v) is 10.4. The second kappa shape index (κ2) is 6.48. The van der Waals surface area contributed by atoms with Gasteiger partial charge in [0, 0.05) is 11.6 Å². The largest absolute Gasteiger partial charge is 0.490 e. The first-order valence-electron chi connectivity index (χ1n) is 5.38.